The second-order valence-corrected chi connectivity index (χ2v) is 6.32. The molecule has 0 radical (unpaired) electrons. The molecular weight excluding hydrogens is 264 g/mol. The minimum absolute atomic E-state index is 0.00344. The SMILES string of the molecule is Cc1ccc(C)c(CN2CCC(=O)NC(C3CC3)C2=O)c1. The summed E-state index contributed by atoms with van der Waals surface area (Å²) < 4.78 is 0. The van der Waals surface area contributed by atoms with Crippen molar-refractivity contribution in [3.8, 4) is 0 Å². The third kappa shape index (κ3) is 3.09. The van der Waals surface area contributed by atoms with Gasteiger partial charge in [0.05, 0.1) is 0 Å². The van der Waals surface area contributed by atoms with Gasteiger partial charge in [-0.25, -0.2) is 0 Å². The number of hydrogen-bond acceptors (Lipinski definition) is 2. The Balaban J connectivity index is 1.81. The zero-order chi connectivity index (χ0) is 15.0. The molecule has 1 aliphatic heterocycles. The van der Waals surface area contributed by atoms with Gasteiger partial charge in [0.15, 0.2) is 0 Å². The fourth-order valence-electron chi connectivity index (χ4n) is 2.93. The van der Waals surface area contributed by atoms with E-state index in [9.17, 15) is 9.59 Å². The lowest BCUT2D eigenvalue weighted by Crippen LogP contribution is -2.45. The molecule has 4 nitrogen and oxygen atoms in total. The van der Waals surface area contributed by atoms with E-state index in [-0.39, 0.29) is 17.9 Å². The summed E-state index contributed by atoms with van der Waals surface area (Å²) >= 11 is 0. The van der Waals surface area contributed by atoms with Crippen molar-refractivity contribution in [2.75, 3.05) is 6.54 Å². The number of carbonyl (C=O) groups is 2. The van der Waals surface area contributed by atoms with Gasteiger partial charge in [0, 0.05) is 19.5 Å². The van der Waals surface area contributed by atoms with Gasteiger partial charge in [-0.05, 0) is 43.7 Å². The molecule has 1 atom stereocenters. The maximum absolute atomic E-state index is 12.7. The minimum Gasteiger partial charge on any atom is -0.344 e. The lowest BCUT2D eigenvalue weighted by Gasteiger charge is -2.25. The molecule has 3 rings (SSSR count). The summed E-state index contributed by atoms with van der Waals surface area (Å²) in [5.41, 5.74) is 3.57. The number of hydrogen-bond donors (Lipinski definition) is 1. The Morgan fingerprint density at radius 3 is 2.71 bits per heavy atom. The molecule has 2 amide bonds. The first-order valence-corrected chi connectivity index (χ1v) is 7.69. The minimum atomic E-state index is -0.301. The monoisotopic (exact) mass is 286 g/mol. The summed E-state index contributed by atoms with van der Waals surface area (Å²) in [7, 11) is 0. The lowest BCUT2D eigenvalue weighted by atomic mass is 10.0. The summed E-state index contributed by atoms with van der Waals surface area (Å²) in [6.45, 7) is 5.25. The van der Waals surface area contributed by atoms with Crippen LogP contribution >= 0.6 is 0 Å². The molecule has 0 aromatic heterocycles. The van der Waals surface area contributed by atoms with E-state index in [1.165, 1.54) is 16.7 Å². The first-order valence-electron chi connectivity index (χ1n) is 7.69. The molecule has 112 valence electrons. The maximum Gasteiger partial charge on any atom is 0.245 e. The molecule has 1 heterocycles. The van der Waals surface area contributed by atoms with Crippen molar-refractivity contribution in [2.24, 2.45) is 5.92 Å². The van der Waals surface area contributed by atoms with Crippen molar-refractivity contribution >= 4 is 11.8 Å². The number of nitrogens with zero attached hydrogens (tertiary/aromatic N) is 1. The topological polar surface area (TPSA) is 49.4 Å². The number of amides is 2. The summed E-state index contributed by atoms with van der Waals surface area (Å²) in [5.74, 6) is 0.439. The van der Waals surface area contributed by atoms with Gasteiger partial charge in [-0.2, -0.15) is 0 Å². The van der Waals surface area contributed by atoms with E-state index in [4.69, 9.17) is 0 Å². The molecule has 1 aromatic carbocycles. The van der Waals surface area contributed by atoms with Crippen molar-refractivity contribution in [1.82, 2.24) is 10.2 Å². The molecule has 2 aliphatic rings. The number of carbonyl (C=O) groups excluding carboxylic acids is 2. The molecule has 1 N–H and O–H groups in total. The second-order valence-electron chi connectivity index (χ2n) is 6.32. The van der Waals surface area contributed by atoms with E-state index >= 15 is 0 Å². The Labute approximate surface area is 125 Å². The van der Waals surface area contributed by atoms with E-state index in [1.54, 1.807) is 0 Å². The molecule has 1 aliphatic carbocycles. The van der Waals surface area contributed by atoms with Gasteiger partial charge in [0.25, 0.3) is 0 Å². The zero-order valence-electron chi connectivity index (χ0n) is 12.7. The number of rotatable bonds is 3. The molecule has 0 spiro atoms. The second kappa shape index (κ2) is 5.51. The predicted octanol–water partition coefficient (Wildman–Crippen LogP) is 1.93. The van der Waals surface area contributed by atoms with Crippen LogP contribution < -0.4 is 5.32 Å². The van der Waals surface area contributed by atoms with Gasteiger partial charge < -0.3 is 10.2 Å². The molecule has 1 unspecified atom stereocenters. The van der Waals surface area contributed by atoms with Gasteiger partial charge in [-0.1, -0.05) is 23.8 Å². The van der Waals surface area contributed by atoms with Gasteiger partial charge in [-0.3, -0.25) is 9.59 Å². The molecule has 21 heavy (non-hydrogen) atoms. The van der Waals surface area contributed by atoms with Crippen LogP contribution in [0.2, 0.25) is 0 Å². The standard InChI is InChI=1S/C17H22N2O2/c1-11-3-4-12(2)14(9-11)10-19-8-7-15(20)18-16(17(19)21)13-5-6-13/h3-4,9,13,16H,5-8,10H2,1-2H3,(H,18,20). The summed E-state index contributed by atoms with van der Waals surface area (Å²) in [6, 6.07) is 6.01. The third-order valence-electron chi connectivity index (χ3n) is 4.46. The number of aryl methyl sites for hydroxylation is 2. The van der Waals surface area contributed by atoms with E-state index in [0.29, 0.717) is 25.4 Å². The molecule has 4 heteroatoms. The zero-order valence-corrected chi connectivity index (χ0v) is 12.7. The highest BCUT2D eigenvalue weighted by atomic mass is 16.2. The fraction of sp³-hybridized carbons (Fsp3) is 0.529. The highest BCUT2D eigenvalue weighted by Gasteiger charge is 2.40. The number of benzene rings is 1. The van der Waals surface area contributed by atoms with Crippen molar-refractivity contribution in [3.63, 3.8) is 0 Å². The van der Waals surface area contributed by atoms with Crippen molar-refractivity contribution < 1.29 is 9.59 Å². The third-order valence-corrected chi connectivity index (χ3v) is 4.46. The first kappa shape index (κ1) is 14.1. The molecule has 1 aromatic rings. The van der Waals surface area contributed by atoms with Crippen molar-refractivity contribution in [3.05, 3.63) is 34.9 Å². The normalized spacial score (nSPS) is 23.0. The molecule has 0 bridgehead atoms. The predicted molar refractivity (Wildman–Crippen MR) is 80.6 cm³/mol. The van der Waals surface area contributed by atoms with Crippen molar-refractivity contribution in [1.29, 1.82) is 0 Å². The van der Waals surface area contributed by atoms with Gasteiger partial charge >= 0.3 is 0 Å². The Hall–Kier alpha value is -1.84. The Bertz CT molecular complexity index is 578. The number of nitrogens with one attached hydrogen (secondary N) is 1. The van der Waals surface area contributed by atoms with Gasteiger partial charge in [-0.15, -0.1) is 0 Å². The lowest BCUT2D eigenvalue weighted by molar-refractivity contribution is -0.134. The summed E-state index contributed by atoms with van der Waals surface area (Å²) in [4.78, 5) is 26.3. The van der Waals surface area contributed by atoms with Crippen LogP contribution in [0.4, 0.5) is 0 Å². The van der Waals surface area contributed by atoms with E-state index in [1.807, 2.05) is 4.90 Å². The highest BCUT2D eigenvalue weighted by Crippen LogP contribution is 2.34. The Morgan fingerprint density at radius 2 is 2.00 bits per heavy atom. The van der Waals surface area contributed by atoms with Crippen LogP contribution in [0.5, 0.6) is 0 Å². The van der Waals surface area contributed by atoms with Crippen LogP contribution in [0.3, 0.4) is 0 Å². The van der Waals surface area contributed by atoms with Crippen LogP contribution in [0, 0.1) is 19.8 Å². The molecule has 1 saturated heterocycles. The fourth-order valence-corrected chi connectivity index (χ4v) is 2.93. The summed E-state index contributed by atoms with van der Waals surface area (Å²) in [6.07, 6.45) is 2.50. The van der Waals surface area contributed by atoms with Crippen LogP contribution in [-0.2, 0) is 16.1 Å². The molecule has 2 fully saturated rings. The van der Waals surface area contributed by atoms with Crippen LogP contribution in [-0.4, -0.2) is 29.3 Å². The van der Waals surface area contributed by atoms with Crippen LogP contribution in [0.25, 0.3) is 0 Å². The van der Waals surface area contributed by atoms with Crippen molar-refractivity contribution in [2.45, 2.75) is 45.7 Å². The summed E-state index contributed by atoms with van der Waals surface area (Å²) in [5, 5.41) is 2.90. The first-order chi connectivity index (χ1) is 10.0. The largest absolute Gasteiger partial charge is 0.344 e. The quantitative estimate of drug-likeness (QED) is 0.923. The van der Waals surface area contributed by atoms with E-state index < -0.39 is 0 Å². The molecular formula is C17H22N2O2. The highest BCUT2D eigenvalue weighted by molar-refractivity contribution is 5.90. The average molecular weight is 286 g/mol. The maximum atomic E-state index is 12.7. The average Bonchev–Trinajstić information content (AvgIpc) is 3.27. The van der Waals surface area contributed by atoms with E-state index in [2.05, 4.69) is 37.4 Å². The Morgan fingerprint density at radius 1 is 1.24 bits per heavy atom. The van der Waals surface area contributed by atoms with Crippen LogP contribution in [0.15, 0.2) is 18.2 Å². The molecule has 1 saturated carbocycles. The van der Waals surface area contributed by atoms with Gasteiger partial charge in [0.1, 0.15) is 6.04 Å². The Kier molecular flexibility index (Phi) is 3.70. The van der Waals surface area contributed by atoms with Gasteiger partial charge in [0.2, 0.25) is 11.8 Å². The van der Waals surface area contributed by atoms with Crippen LogP contribution in [0.1, 0.15) is 36.0 Å². The van der Waals surface area contributed by atoms with E-state index in [0.717, 1.165) is 12.8 Å². The smallest absolute Gasteiger partial charge is 0.245 e.